The lowest BCUT2D eigenvalue weighted by Gasteiger charge is -2.25. The molecule has 0 aromatic heterocycles. The summed E-state index contributed by atoms with van der Waals surface area (Å²) in [5.41, 5.74) is -0.462. The summed E-state index contributed by atoms with van der Waals surface area (Å²) in [6.45, 7) is 8.73. The zero-order chi connectivity index (χ0) is 10.5. The van der Waals surface area contributed by atoms with E-state index in [-0.39, 0.29) is 0 Å². The highest BCUT2D eigenvalue weighted by atomic mass is 32.1. The van der Waals surface area contributed by atoms with Gasteiger partial charge in [0, 0.05) is 0 Å². The number of rotatable bonds is 4. The highest BCUT2D eigenvalue weighted by molar-refractivity contribution is 7.82. The van der Waals surface area contributed by atoms with Gasteiger partial charge < -0.3 is 9.47 Å². The molecule has 0 atom stereocenters. The third-order valence-corrected chi connectivity index (χ3v) is 2.83. The molecule has 0 unspecified atom stereocenters. The summed E-state index contributed by atoms with van der Waals surface area (Å²) in [6, 6.07) is 0. The fraction of sp³-hybridized carbons (Fsp3) is 0.778. The second-order valence-corrected chi connectivity index (χ2v) is 3.81. The summed E-state index contributed by atoms with van der Waals surface area (Å²) in [6.07, 6.45) is 0. The standard InChI is InChI=1S/C9H16O2S2/c1-5-10-7(12)9(3,4)8(13)11-6-2/h5-6H2,1-4H3. The van der Waals surface area contributed by atoms with Crippen LogP contribution in [0.15, 0.2) is 0 Å². The Bertz CT molecular complexity index is 180. The first kappa shape index (κ1) is 12.8. The minimum Gasteiger partial charge on any atom is -0.486 e. The van der Waals surface area contributed by atoms with Crippen molar-refractivity contribution in [3.05, 3.63) is 0 Å². The number of thiocarbonyl (C=S) groups is 2. The van der Waals surface area contributed by atoms with Gasteiger partial charge in [-0.1, -0.05) is 0 Å². The molecule has 0 amide bonds. The van der Waals surface area contributed by atoms with E-state index < -0.39 is 5.41 Å². The third-order valence-electron chi connectivity index (χ3n) is 1.57. The molecule has 76 valence electrons. The Morgan fingerprint density at radius 3 is 1.54 bits per heavy atom. The van der Waals surface area contributed by atoms with Gasteiger partial charge in [0.05, 0.1) is 13.2 Å². The van der Waals surface area contributed by atoms with Crippen LogP contribution in [0.1, 0.15) is 27.7 Å². The summed E-state index contributed by atoms with van der Waals surface area (Å²) in [5.74, 6) is 0. The summed E-state index contributed by atoms with van der Waals surface area (Å²) in [7, 11) is 0. The lowest BCUT2D eigenvalue weighted by molar-refractivity contribution is 0.271. The Morgan fingerprint density at radius 1 is 1.00 bits per heavy atom. The van der Waals surface area contributed by atoms with Crippen molar-refractivity contribution in [2.75, 3.05) is 13.2 Å². The Morgan fingerprint density at radius 2 is 1.31 bits per heavy atom. The fourth-order valence-electron chi connectivity index (χ4n) is 0.706. The van der Waals surface area contributed by atoms with E-state index >= 15 is 0 Å². The SMILES string of the molecule is CCOC(=S)C(C)(C)C(=S)OCC. The van der Waals surface area contributed by atoms with Crippen LogP contribution in [0.5, 0.6) is 0 Å². The first-order valence-corrected chi connectivity index (χ1v) is 5.12. The van der Waals surface area contributed by atoms with Crippen LogP contribution >= 0.6 is 24.4 Å². The molecule has 0 radical (unpaired) electrons. The van der Waals surface area contributed by atoms with Gasteiger partial charge >= 0.3 is 0 Å². The van der Waals surface area contributed by atoms with E-state index in [1.165, 1.54) is 0 Å². The van der Waals surface area contributed by atoms with Gasteiger partial charge in [-0.25, -0.2) is 0 Å². The van der Waals surface area contributed by atoms with Gasteiger partial charge in [-0.05, 0) is 52.1 Å². The highest BCUT2D eigenvalue weighted by Crippen LogP contribution is 2.22. The van der Waals surface area contributed by atoms with Gasteiger partial charge in [0.15, 0.2) is 10.1 Å². The first-order valence-electron chi connectivity index (χ1n) is 4.31. The lowest BCUT2D eigenvalue weighted by atomic mass is 9.96. The van der Waals surface area contributed by atoms with Crippen LogP contribution in [0, 0.1) is 5.41 Å². The van der Waals surface area contributed by atoms with Crippen molar-refractivity contribution in [2.45, 2.75) is 27.7 Å². The molecule has 0 aromatic rings. The van der Waals surface area contributed by atoms with E-state index in [2.05, 4.69) is 0 Å². The molecule has 0 bridgehead atoms. The number of ether oxygens (including phenoxy) is 2. The molecule has 0 aliphatic carbocycles. The van der Waals surface area contributed by atoms with Crippen LogP contribution in [0.4, 0.5) is 0 Å². The maximum atomic E-state index is 5.24. The molecule has 0 aromatic carbocycles. The number of hydrogen-bond acceptors (Lipinski definition) is 4. The second-order valence-electron chi connectivity index (χ2n) is 3.07. The summed E-state index contributed by atoms with van der Waals surface area (Å²) < 4.78 is 10.5. The molecule has 2 nitrogen and oxygen atoms in total. The average Bonchev–Trinajstić information content (AvgIpc) is 2.05. The Balaban J connectivity index is 4.36. The van der Waals surface area contributed by atoms with E-state index in [1.807, 2.05) is 27.7 Å². The van der Waals surface area contributed by atoms with Crippen molar-refractivity contribution in [3.8, 4) is 0 Å². The van der Waals surface area contributed by atoms with E-state index in [1.54, 1.807) is 0 Å². The molecule has 0 aliphatic rings. The Labute approximate surface area is 90.6 Å². The van der Waals surface area contributed by atoms with E-state index in [0.717, 1.165) is 0 Å². The molecule has 0 fully saturated rings. The highest BCUT2D eigenvalue weighted by Gasteiger charge is 2.31. The van der Waals surface area contributed by atoms with Crippen LogP contribution in [-0.4, -0.2) is 23.3 Å². The van der Waals surface area contributed by atoms with Gasteiger partial charge in [0.25, 0.3) is 0 Å². The Hall–Kier alpha value is -0.220. The van der Waals surface area contributed by atoms with Crippen LogP contribution in [-0.2, 0) is 9.47 Å². The molecule has 0 rings (SSSR count). The van der Waals surface area contributed by atoms with Crippen molar-refractivity contribution >= 4 is 34.5 Å². The summed E-state index contributed by atoms with van der Waals surface area (Å²) in [4.78, 5) is 0. The van der Waals surface area contributed by atoms with Crippen molar-refractivity contribution in [3.63, 3.8) is 0 Å². The van der Waals surface area contributed by atoms with Crippen molar-refractivity contribution < 1.29 is 9.47 Å². The van der Waals surface area contributed by atoms with E-state index in [4.69, 9.17) is 33.9 Å². The molecule has 0 spiro atoms. The van der Waals surface area contributed by atoms with E-state index in [0.29, 0.717) is 23.3 Å². The molecule has 0 aliphatic heterocycles. The minimum absolute atomic E-state index is 0.462. The third kappa shape index (κ3) is 3.56. The maximum Gasteiger partial charge on any atom is 0.173 e. The van der Waals surface area contributed by atoms with Gasteiger partial charge in [-0.2, -0.15) is 0 Å². The molecular weight excluding hydrogens is 204 g/mol. The molecular formula is C9H16O2S2. The van der Waals surface area contributed by atoms with Gasteiger partial charge in [-0.3, -0.25) is 0 Å². The maximum absolute atomic E-state index is 5.24. The zero-order valence-corrected chi connectivity index (χ0v) is 10.2. The second kappa shape index (κ2) is 5.50. The lowest BCUT2D eigenvalue weighted by Crippen LogP contribution is -2.34. The zero-order valence-electron chi connectivity index (χ0n) is 8.55. The average molecular weight is 220 g/mol. The fourth-order valence-corrected chi connectivity index (χ4v) is 1.19. The molecule has 13 heavy (non-hydrogen) atoms. The predicted molar refractivity (Wildman–Crippen MR) is 62.2 cm³/mol. The minimum atomic E-state index is -0.462. The van der Waals surface area contributed by atoms with Crippen LogP contribution in [0.2, 0.25) is 0 Å². The molecule has 0 N–H and O–H groups in total. The quantitative estimate of drug-likeness (QED) is 0.678. The molecule has 0 saturated carbocycles. The van der Waals surface area contributed by atoms with E-state index in [9.17, 15) is 0 Å². The Kier molecular flexibility index (Phi) is 5.40. The van der Waals surface area contributed by atoms with Crippen LogP contribution < -0.4 is 0 Å². The van der Waals surface area contributed by atoms with Gasteiger partial charge in [0.1, 0.15) is 5.41 Å². The topological polar surface area (TPSA) is 18.5 Å². The first-order chi connectivity index (χ1) is 5.96. The molecule has 4 heteroatoms. The number of hydrogen-bond donors (Lipinski definition) is 0. The van der Waals surface area contributed by atoms with Gasteiger partial charge in [0.2, 0.25) is 0 Å². The van der Waals surface area contributed by atoms with Crippen LogP contribution in [0.3, 0.4) is 0 Å². The normalized spacial score (nSPS) is 10.8. The molecule has 0 saturated heterocycles. The van der Waals surface area contributed by atoms with Crippen LogP contribution in [0.25, 0.3) is 0 Å². The summed E-state index contributed by atoms with van der Waals surface area (Å²) in [5, 5.41) is 0.988. The van der Waals surface area contributed by atoms with Crippen molar-refractivity contribution in [1.29, 1.82) is 0 Å². The van der Waals surface area contributed by atoms with Crippen molar-refractivity contribution in [2.24, 2.45) is 5.41 Å². The predicted octanol–water partition coefficient (Wildman–Crippen LogP) is 2.74. The molecule has 0 heterocycles. The summed E-state index contributed by atoms with van der Waals surface area (Å²) >= 11 is 10.2. The largest absolute Gasteiger partial charge is 0.486 e. The van der Waals surface area contributed by atoms with Crippen molar-refractivity contribution in [1.82, 2.24) is 0 Å². The monoisotopic (exact) mass is 220 g/mol. The smallest absolute Gasteiger partial charge is 0.173 e. The van der Waals surface area contributed by atoms with Gasteiger partial charge in [-0.15, -0.1) is 0 Å².